The number of aromatic nitrogens is 1. The molecule has 2 aromatic carbocycles. The summed E-state index contributed by atoms with van der Waals surface area (Å²) < 4.78 is 13.4. The molecule has 3 aromatic rings. The molecule has 0 radical (unpaired) electrons. The number of carboxylic acid groups (broad SMARTS) is 1. The van der Waals surface area contributed by atoms with Crippen LogP contribution in [0.5, 0.6) is 0 Å². The number of carbonyl (C=O) groups is 2. The van der Waals surface area contributed by atoms with Gasteiger partial charge in [-0.1, -0.05) is 30.3 Å². The fourth-order valence-electron chi connectivity index (χ4n) is 2.69. The first-order chi connectivity index (χ1) is 13.3. The lowest BCUT2D eigenvalue weighted by Gasteiger charge is -2.14. The monoisotopic (exact) mass is 383 g/mol. The van der Waals surface area contributed by atoms with Gasteiger partial charge in [0.15, 0.2) is 0 Å². The van der Waals surface area contributed by atoms with Gasteiger partial charge in [-0.2, -0.15) is 4.39 Å². The number of nitro groups is 1. The van der Waals surface area contributed by atoms with Gasteiger partial charge in [-0.05, 0) is 23.8 Å². The molecule has 0 aliphatic carbocycles. The maximum Gasteiger partial charge on any atom is 0.326 e. The zero-order valence-electron chi connectivity index (χ0n) is 14.3. The molecule has 0 unspecified atom stereocenters. The number of aliphatic carboxylic acids is 1. The molecule has 2 N–H and O–H groups in total. The quantitative estimate of drug-likeness (QED) is 0.498. The molecule has 0 aliphatic rings. The molecule has 0 spiro atoms. The Kier molecular flexibility index (Phi) is 5.25. The summed E-state index contributed by atoms with van der Waals surface area (Å²) >= 11 is 0. The van der Waals surface area contributed by atoms with Gasteiger partial charge in [-0.15, -0.1) is 0 Å². The number of nitrogens with zero attached hydrogens (tertiary/aromatic N) is 2. The fourth-order valence-corrected chi connectivity index (χ4v) is 2.69. The van der Waals surface area contributed by atoms with Gasteiger partial charge in [0.05, 0.1) is 10.4 Å². The highest BCUT2D eigenvalue weighted by molar-refractivity contribution is 5.97. The number of benzene rings is 2. The van der Waals surface area contributed by atoms with E-state index in [1.54, 1.807) is 18.2 Å². The predicted octanol–water partition coefficient (Wildman–Crippen LogP) is 2.71. The van der Waals surface area contributed by atoms with E-state index < -0.39 is 34.3 Å². The summed E-state index contributed by atoms with van der Waals surface area (Å²) in [5.74, 6) is -3.05. The van der Waals surface area contributed by atoms with Gasteiger partial charge in [-0.25, -0.2) is 9.78 Å². The van der Waals surface area contributed by atoms with Gasteiger partial charge >= 0.3 is 11.7 Å². The van der Waals surface area contributed by atoms with Gasteiger partial charge in [0.25, 0.3) is 5.91 Å². The van der Waals surface area contributed by atoms with Crippen LogP contribution in [0.15, 0.2) is 54.6 Å². The summed E-state index contributed by atoms with van der Waals surface area (Å²) in [6, 6.07) is 12.0. The highest BCUT2D eigenvalue weighted by Crippen LogP contribution is 2.19. The molecular formula is C19H14FN3O5. The molecule has 1 amide bonds. The van der Waals surface area contributed by atoms with E-state index >= 15 is 0 Å². The van der Waals surface area contributed by atoms with E-state index in [0.717, 1.165) is 17.5 Å². The van der Waals surface area contributed by atoms with Crippen molar-refractivity contribution in [2.75, 3.05) is 0 Å². The Morgan fingerprint density at radius 2 is 1.93 bits per heavy atom. The first-order valence-electron chi connectivity index (χ1n) is 8.17. The Balaban J connectivity index is 1.80. The number of para-hydroxylation sites is 1. The van der Waals surface area contributed by atoms with Crippen LogP contribution >= 0.6 is 0 Å². The molecule has 0 aliphatic heterocycles. The maximum absolute atomic E-state index is 13.4. The molecule has 1 heterocycles. The van der Waals surface area contributed by atoms with Crippen LogP contribution in [-0.2, 0) is 11.2 Å². The number of halogens is 1. The zero-order chi connectivity index (χ0) is 20.3. The maximum atomic E-state index is 13.4. The average molecular weight is 383 g/mol. The Morgan fingerprint density at radius 1 is 1.18 bits per heavy atom. The minimum atomic E-state index is -1.37. The number of nitro benzene ring substituents is 1. The second kappa shape index (κ2) is 7.78. The van der Waals surface area contributed by atoms with Crippen LogP contribution in [0.4, 0.5) is 10.1 Å². The fraction of sp³-hybridized carbons (Fsp3) is 0.105. The van der Waals surface area contributed by atoms with E-state index in [1.165, 1.54) is 12.1 Å². The van der Waals surface area contributed by atoms with Gasteiger partial charge in [0.1, 0.15) is 11.7 Å². The van der Waals surface area contributed by atoms with Crippen molar-refractivity contribution in [1.29, 1.82) is 0 Å². The molecule has 8 nitrogen and oxygen atoms in total. The van der Waals surface area contributed by atoms with E-state index in [0.29, 0.717) is 5.52 Å². The van der Waals surface area contributed by atoms with Crippen LogP contribution < -0.4 is 5.32 Å². The Morgan fingerprint density at radius 3 is 2.64 bits per heavy atom. The second-order valence-electron chi connectivity index (χ2n) is 6.00. The molecule has 1 aromatic heterocycles. The normalized spacial score (nSPS) is 11.8. The largest absolute Gasteiger partial charge is 0.480 e. The van der Waals surface area contributed by atoms with Crippen LogP contribution in [0.3, 0.4) is 0 Å². The number of nitrogens with one attached hydrogen (secondary N) is 1. The highest BCUT2D eigenvalue weighted by atomic mass is 19.1. The summed E-state index contributed by atoms with van der Waals surface area (Å²) in [4.78, 5) is 38.1. The summed E-state index contributed by atoms with van der Waals surface area (Å²) in [7, 11) is 0. The van der Waals surface area contributed by atoms with Crippen LogP contribution in [0, 0.1) is 15.9 Å². The van der Waals surface area contributed by atoms with Crippen molar-refractivity contribution in [2.24, 2.45) is 0 Å². The topological polar surface area (TPSA) is 122 Å². The van der Waals surface area contributed by atoms with Crippen molar-refractivity contribution < 1.29 is 24.0 Å². The van der Waals surface area contributed by atoms with Gasteiger partial charge in [0.2, 0.25) is 5.82 Å². The van der Waals surface area contributed by atoms with Crippen LogP contribution in [0.25, 0.3) is 10.9 Å². The smallest absolute Gasteiger partial charge is 0.326 e. The standard InChI is InChI=1S/C19H14FN3O5/c20-13-7-5-11(10-17(13)23(27)28)9-16(19(25)26)22-18(24)15-8-6-12-3-1-2-4-14(12)21-15/h1-8,10,16H,9H2,(H,22,24)(H,25,26)/t16-/m0/s1. The third-order valence-electron chi connectivity index (χ3n) is 4.08. The first-order valence-corrected chi connectivity index (χ1v) is 8.17. The molecule has 1 atom stereocenters. The minimum Gasteiger partial charge on any atom is -0.480 e. The lowest BCUT2D eigenvalue weighted by Crippen LogP contribution is -2.42. The number of fused-ring (bicyclic) bond motifs is 1. The summed E-state index contributed by atoms with van der Waals surface area (Å²) in [6.45, 7) is 0. The van der Waals surface area contributed by atoms with Crippen molar-refractivity contribution in [3.05, 3.63) is 81.8 Å². The van der Waals surface area contributed by atoms with Gasteiger partial charge < -0.3 is 10.4 Å². The lowest BCUT2D eigenvalue weighted by atomic mass is 10.0. The molecule has 28 heavy (non-hydrogen) atoms. The Hall–Kier alpha value is -3.88. The highest BCUT2D eigenvalue weighted by Gasteiger charge is 2.24. The average Bonchev–Trinajstić information content (AvgIpc) is 2.68. The molecule has 0 saturated heterocycles. The van der Waals surface area contributed by atoms with Gasteiger partial charge in [0, 0.05) is 17.9 Å². The number of carbonyl (C=O) groups excluding carboxylic acids is 1. The number of hydrogen-bond donors (Lipinski definition) is 2. The van der Waals surface area contributed by atoms with Crippen molar-refractivity contribution in [3.8, 4) is 0 Å². The molecular weight excluding hydrogens is 369 g/mol. The first kappa shape index (κ1) is 18.9. The van der Waals surface area contributed by atoms with Crippen LogP contribution in [-0.4, -0.2) is 32.9 Å². The SMILES string of the molecule is O=C(N[C@@H](Cc1ccc(F)c([N+](=O)[O-])c1)C(=O)O)c1ccc2ccccc2n1. The zero-order valence-corrected chi connectivity index (χ0v) is 14.3. The van der Waals surface area contributed by atoms with Crippen molar-refractivity contribution in [1.82, 2.24) is 10.3 Å². The number of carboxylic acids is 1. The Labute approximate surface area is 157 Å². The van der Waals surface area contributed by atoms with E-state index in [1.807, 2.05) is 12.1 Å². The third-order valence-corrected chi connectivity index (χ3v) is 4.08. The lowest BCUT2D eigenvalue weighted by molar-refractivity contribution is -0.387. The number of rotatable bonds is 6. The van der Waals surface area contributed by atoms with Crippen molar-refractivity contribution in [3.63, 3.8) is 0 Å². The number of hydrogen-bond acceptors (Lipinski definition) is 5. The molecule has 3 rings (SSSR count). The predicted molar refractivity (Wildman–Crippen MR) is 97.4 cm³/mol. The molecule has 0 saturated carbocycles. The van der Waals surface area contributed by atoms with Crippen molar-refractivity contribution >= 4 is 28.5 Å². The number of pyridine rings is 1. The van der Waals surface area contributed by atoms with E-state index in [4.69, 9.17) is 0 Å². The Bertz CT molecular complexity index is 1090. The van der Waals surface area contributed by atoms with Gasteiger partial charge in [-0.3, -0.25) is 14.9 Å². The van der Waals surface area contributed by atoms with E-state index in [-0.39, 0.29) is 17.7 Å². The third kappa shape index (κ3) is 4.09. The summed E-state index contributed by atoms with van der Waals surface area (Å²) in [5.41, 5.74) is 0.0580. The summed E-state index contributed by atoms with van der Waals surface area (Å²) in [6.07, 6.45) is -0.254. The second-order valence-corrected chi connectivity index (χ2v) is 6.00. The van der Waals surface area contributed by atoms with Crippen LogP contribution in [0.1, 0.15) is 16.1 Å². The number of amides is 1. The van der Waals surface area contributed by atoms with E-state index in [9.17, 15) is 29.2 Å². The molecule has 0 fully saturated rings. The van der Waals surface area contributed by atoms with E-state index in [2.05, 4.69) is 10.3 Å². The molecule has 0 bridgehead atoms. The van der Waals surface area contributed by atoms with Crippen molar-refractivity contribution in [2.45, 2.75) is 12.5 Å². The minimum absolute atomic E-state index is 0.0371. The summed E-state index contributed by atoms with van der Waals surface area (Å²) in [5, 5.41) is 23.4. The molecule has 9 heteroatoms. The molecule has 142 valence electrons. The van der Waals surface area contributed by atoms with Crippen LogP contribution in [0.2, 0.25) is 0 Å².